The summed E-state index contributed by atoms with van der Waals surface area (Å²) in [4.78, 5) is 12.5. The summed E-state index contributed by atoms with van der Waals surface area (Å²) in [5, 5.41) is 11.0. The standard InChI is InChI=1S/C20H19FN4O/c1-13(15-7-4-5-9-17(15)21)25-12-19(23-24-25)20(26)22-18-11-10-14-6-2-3-8-16(14)18/h2-9,12-13,18H,10-11H2,1H3,(H,22,26)/t13-,18+/m1/s1. The molecule has 0 unspecified atom stereocenters. The second kappa shape index (κ2) is 6.71. The van der Waals surface area contributed by atoms with Crippen LogP contribution in [0, 0.1) is 5.82 Å². The average molecular weight is 350 g/mol. The number of fused-ring (bicyclic) bond motifs is 1. The Kier molecular flexibility index (Phi) is 4.24. The van der Waals surface area contributed by atoms with E-state index in [2.05, 4.69) is 21.7 Å². The van der Waals surface area contributed by atoms with Crippen LogP contribution in [0.1, 0.15) is 52.6 Å². The van der Waals surface area contributed by atoms with Crippen LogP contribution >= 0.6 is 0 Å². The first kappa shape index (κ1) is 16.4. The van der Waals surface area contributed by atoms with Crippen molar-refractivity contribution in [1.82, 2.24) is 20.3 Å². The number of aromatic nitrogens is 3. The first-order valence-electron chi connectivity index (χ1n) is 8.68. The molecule has 0 saturated heterocycles. The zero-order valence-electron chi connectivity index (χ0n) is 14.4. The Morgan fingerprint density at radius 1 is 1.23 bits per heavy atom. The molecule has 1 N–H and O–H groups in total. The quantitative estimate of drug-likeness (QED) is 0.784. The summed E-state index contributed by atoms with van der Waals surface area (Å²) in [6.45, 7) is 1.82. The number of amides is 1. The molecule has 2 atom stereocenters. The van der Waals surface area contributed by atoms with Gasteiger partial charge in [0.05, 0.1) is 18.3 Å². The lowest BCUT2D eigenvalue weighted by atomic mass is 10.1. The summed E-state index contributed by atoms with van der Waals surface area (Å²) in [5.74, 6) is -0.567. The fraction of sp³-hybridized carbons (Fsp3) is 0.250. The lowest BCUT2D eigenvalue weighted by Crippen LogP contribution is -2.27. The number of halogens is 1. The van der Waals surface area contributed by atoms with Crippen LogP contribution in [0.4, 0.5) is 4.39 Å². The second-order valence-corrected chi connectivity index (χ2v) is 6.54. The Hall–Kier alpha value is -3.02. The highest BCUT2D eigenvalue weighted by atomic mass is 19.1. The van der Waals surface area contributed by atoms with Crippen molar-refractivity contribution in [2.24, 2.45) is 0 Å². The maximum atomic E-state index is 14.0. The molecule has 1 aromatic heterocycles. The lowest BCUT2D eigenvalue weighted by molar-refractivity contribution is 0.0931. The van der Waals surface area contributed by atoms with E-state index in [1.165, 1.54) is 16.3 Å². The summed E-state index contributed by atoms with van der Waals surface area (Å²) < 4.78 is 15.5. The Morgan fingerprint density at radius 3 is 2.85 bits per heavy atom. The predicted molar refractivity (Wildman–Crippen MR) is 95.2 cm³/mol. The van der Waals surface area contributed by atoms with Gasteiger partial charge in [0.2, 0.25) is 0 Å². The van der Waals surface area contributed by atoms with E-state index in [1.54, 1.807) is 24.4 Å². The van der Waals surface area contributed by atoms with Crippen molar-refractivity contribution >= 4 is 5.91 Å². The van der Waals surface area contributed by atoms with Crippen molar-refractivity contribution in [2.45, 2.75) is 31.8 Å². The molecule has 0 fully saturated rings. The highest BCUT2D eigenvalue weighted by Gasteiger charge is 2.25. The molecule has 0 saturated carbocycles. The number of benzene rings is 2. The summed E-state index contributed by atoms with van der Waals surface area (Å²) in [5.41, 5.74) is 3.18. The van der Waals surface area contributed by atoms with Crippen LogP contribution in [-0.2, 0) is 6.42 Å². The Morgan fingerprint density at radius 2 is 2.00 bits per heavy atom. The molecule has 1 amide bonds. The van der Waals surface area contributed by atoms with Crippen molar-refractivity contribution in [3.05, 3.63) is 82.9 Å². The molecule has 2 aromatic carbocycles. The van der Waals surface area contributed by atoms with E-state index < -0.39 is 0 Å². The lowest BCUT2D eigenvalue weighted by Gasteiger charge is -2.13. The molecule has 1 aliphatic rings. The van der Waals surface area contributed by atoms with Gasteiger partial charge < -0.3 is 5.32 Å². The molecule has 6 heteroatoms. The van der Waals surface area contributed by atoms with E-state index in [4.69, 9.17) is 0 Å². The molecule has 0 radical (unpaired) electrons. The van der Waals surface area contributed by atoms with E-state index >= 15 is 0 Å². The maximum absolute atomic E-state index is 14.0. The summed E-state index contributed by atoms with van der Waals surface area (Å²) in [7, 11) is 0. The number of carbonyl (C=O) groups is 1. The van der Waals surface area contributed by atoms with Gasteiger partial charge in [0.25, 0.3) is 5.91 Å². The first-order valence-corrected chi connectivity index (χ1v) is 8.68. The minimum atomic E-state index is -0.350. The van der Waals surface area contributed by atoms with E-state index in [9.17, 15) is 9.18 Å². The molecule has 5 nitrogen and oxygen atoms in total. The zero-order chi connectivity index (χ0) is 18.1. The molecule has 1 heterocycles. The van der Waals surface area contributed by atoms with Gasteiger partial charge in [-0.3, -0.25) is 4.79 Å². The van der Waals surface area contributed by atoms with Crippen molar-refractivity contribution in [1.29, 1.82) is 0 Å². The third kappa shape index (κ3) is 2.98. The van der Waals surface area contributed by atoms with Crippen LogP contribution in [0.5, 0.6) is 0 Å². The predicted octanol–water partition coefficient (Wildman–Crippen LogP) is 3.44. The van der Waals surface area contributed by atoms with Crippen LogP contribution in [0.2, 0.25) is 0 Å². The van der Waals surface area contributed by atoms with Crippen LogP contribution < -0.4 is 5.32 Å². The highest BCUT2D eigenvalue weighted by molar-refractivity contribution is 5.92. The summed E-state index contributed by atoms with van der Waals surface area (Å²) >= 11 is 0. The number of aryl methyl sites for hydroxylation is 1. The first-order chi connectivity index (χ1) is 12.6. The van der Waals surface area contributed by atoms with Crippen molar-refractivity contribution < 1.29 is 9.18 Å². The topological polar surface area (TPSA) is 59.8 Å². The number of nitrogens with zero attached hydrogens (tertiary/aromatic N) is 3. The van der Waals surface area contributed by atoms with E-state index in [1.807, 2.05) is 25.1 Å². The van der Waals surface area contributed by atoms with Gasteiger partial charge in [0.15, 0.2) is 5.69 Å². The van der Waals surface area contributed by atoms with E-state index in [0.717, 1.165) is 18.4 Å². The van der Waals surface area contributed by atoms with Gasteiger partial charge >= 0.3 is 0 Å². The Balaban J connectivity index is 1.50. The SMILES string of the molecule is C[C@H](c1ccccc1F)n1cc(C(=O)N[C@H]2CCc3ccccc32)nn1. The minimum absolute atomic E-state index is 0.00663. The highest BCUT2D eigenvalue weighted by Crippen LogP contribution is 2.30. The molecule has 0 aliphatic heterocycles. The van der Waals surface area contributed by atoms with Gasteiger partial charge in [-0.15, -0.1) is 5.10 Å². The number of hydrogen-bond acceptors (Lipinski definition) is 3. The minimum Gasteiger partial charge on any atom is -0.344 e. The van der Waals surface area contributed by atoms with Crippen molar-refractivity contribution in [2.75, 3.05) is 0 Å². The molecule has 0 spiro atoms. The third-order valence-corrected chi connectivity index (χ3v) is 4.93. The molecule has 4 rings (SSSR count). The largest absolute Gasteiger partial charge is 0.344 e. The smallest absolute Gasteiger partial charge is 0.273 e. The normalized spacial score (nSPS) is 16.9. The number of hydrogen-bond donors (Lipinski definition) is 1. The number of nitrogens with one attached hydrogen (secondary N) is 1. The monoisotopic (exact) mass is 350 g/mol. The second-order valence-electron chi connectivity index (χ2n) is 6.54. The molecule has 1 aliphatic carbocycles. The maximum Gasteiger partial charge on any atom is 0.273 e. The van der Waals surface area contributed by atoms with Crippen molar-refractivity contribution in [3.63, 3.8) is 0 Å². The van der Waals surface area contributed by atoms with Crippen molar-refractivity contribution in [3.8, 4) is 0 Å². The zero-order valence-corrected chi connectivity index (χ0v) is 14.4. The third-order valence-electron chi connectivity index (χ3n) is 4.93. The fourth-order valence-corrected chi connectivity index (χ4v) is 3.47. The molecule has 3 aromatic rings. The van der Waals surface area contributed by atoms with Gasteiger partial charge in [-0.05, 0) is 37.0 Å². The molecule has 26 heavy (non-hydrogen) atoms. The average Bonchev–Trinajstić information content (AvgIpc) is 3.29. The summed E-state index contributed by atoms with van der Waals surface area (Å²) in [6.07, 6.45) is 3.40. The van der Waals surface area contributed by atoms with E-state index in [-0.39, 0.29) is 29.5 Å². The van der Waals surface area contributed by atoms with Gasteiger partial charge in [-0.2, -0.15) is 0 Å². The van der Waals surface area contributed by atoms with Gasteiger partial charge in [0, 0.05) is 5.56 Å². The Labute approximate surface area is 150 Å². The van der Waals surface area contributed by atoms with Gasteiger partial charge in [-0.1, -0.05) is 47.7 Å². The molecular weight excluding hydrogens is 331 g/mol. The number of carbonyl (C=O) groups excluding carboxylic acids is 1. The van der Waals surface area contributed by atoms with Gasteiger partial charge in [-0.25, -0.2) is 9.07 Å². The van der Waals surface area contributed by atoms with Crippen LogP contribution in [0.15, 0.2) is 54.7 Å². The number of rotatable bonds is 4. The molecule has 132 valence electrons. The fourth-order valence-electron chi connectivity index (χ4n) is 3.47. The molecular formula is C20H19FN4O. The van der Waals surface area contributed by atoms with Crippen LogP contribution in [-0.4, -0.2) is 20.9 Å². The Bertz CT molecular complexity index is 952. The molecule has 0 bridgehead atoms. The van der Waals surface area contributed by atoms with Crippen LogP contribution in [0.25, 0.3) is 0 Å². The van der Waals surface area contributed by atoms with E-state index in [0.29, 0.717) is 5.56 Å². The van der Waals surface area contributed by atoms with Crippen LogP contribution in [0.3, 0.4) is 0 Å². The summed E-state index contributed by atoms with van der Waals surface area (Å²) in [6, 6.07) is 14.3. The van der Waals surface area contributed by atoms with Gasteiger partial charge in [0.1, 0.15) is 5.82 Å².